The topological polar surface area (TPSA) is 127 Å². The Morgan fingerprint density at radius 1 is 0.679 bits per heavy atom. The van der Waals surface area contributed by atoms with Gasteiger partial charge < -0.3 is 24.8 Å². The Kier molecular flexibility index (Phi) is 18.7. The Hall–Kier alpha value is -1.75. The predicted molar refractivity (Wildman–Crippen MR) is 104 cm³/mol. The molecule has 0 aliphatic heterocycles. The van der Waals surface area contributed by atoms with Gasteiger partial charge in [-0.05, 0) is 32.9 Å². The molecule has 4 N–H and O–H groups in total. The highest BCUT2D eigenvalue weighted by Crippen LogP contribution is 1.95. The van der Waals surface area contributed by atoms with Gasteiger partial charge in [0.05, 0.1) is 26.4 Å². The van der Waals surface area contributed by atoms with Crippen LogP contribution >= 0.6 is 0 Å². The van der Waals surface area contributed by atoms with Crippen molar-refractivity contribution in [2.75, 3.05) is 59.8 Å². The van der Waals surface area contributed by atoms with Crippen LogP contribution in [0.4, 0.5) is 0 Å². The van der Waals surface area contributed by atoms with Crippen LogP contribution < -0.4 is 21.5 Å². The summed E-state index contributed by atoms with van der Waals surface area (Å²) in [6.45, 7) is 6.23. The Labute approximate surface area is 167 Å². The molecule has 0 radical (unpaired) electrons. The second-order valence-corrected chi connectivity index (χ2v) is 6.08. The van der Waals surface area contributed by atoms with Crippen molar-refractivity contribution in [3.05, 3.63) is 0 Å². The summed E-state index contributed by atoms with van der Waals surface area (Å²) in [7, 11) is 1.92. The van der Waals surface area contributed by atoms with E-state index in [9.17, 15) is 14.4 Å². The summed E-state index contributed by atoms with van der Waals surface area (Å²) in [4.78, 5) is 33.6. The summed E-state index contributed by atoms with van der Waals surface area (Å²) in [5, 5.41) is 5.83. The van der Waals surface area contributed by atoms with Crippen molar-refractivity contribution in [2.45, 2.75) is 39.0 Å². The fourth-order valence-electron chi connectivity index (χ4n) is 2.01. The summed E-state index contributed by atoms with van der Waals surface area (Å²) in [6.07, 6.45) is 2.56. The highest BCUT2D eigenvalue weighted by Gasteiger charge is 2.05. The smallest absolute Gasteiger partial charge is 0.238 e. The minimum absolute atomic E-state index is 0.106. The van der Waals surface area contributed by atoms with E-state index in [-0.39, 0.29) is 30.6 Å². The molecular formula is C18H36N4O6. The van der Waals surface area contributed by atoms with Crippen molar-refractivity contribution in [1.82, 2.24) is 21.5 Å². The van der Waals surface area contributed by atoms with Gasteiger partial charge in [-0.1, -0.05) is 0 Å². The lowest BCUT2D eigenvalue weighted by atomic mass is 10.2. The Bertz CT molecular complexity index is 423. The number of hydrogen-bond acceptors (Lipinski definition) is 7. The first-order valence-corrected chi connectivity index (χ1v) is 9.76. The van der Waals surface area contributed by atoms with E-state index in [4.69, 9.17) is 14.2 Å². The summed E-state index contributed by atoms with van der Waals surface area (Å²) in [5.74, 6) is -0.769. The van der Waals surface area contributed by atoms with Gasteiger partial charge in [-0.3, -0.25) is 25.2 Å². The number of carbonyl (C=O) groups excluding carboxylic acids is 3. The first-order valence-electron chi connectivity index (χ1n) is 9.76. The number of ether oxygens (including phenoxy) is 3. The summed E-state index contributed by atoms with van der Waals surface area (Å²) < 4.78 is 16.2. The highest BCUT2D eigenvalue weighted by molar-refractivity contribution is 5.81. The maximum absolute atomic E-state index is 11.6. The summed E-state index contributed by atoms with van der Waals surface area (Å²) in [5.41, 5.74) is 4.44. The van der Waals surface area contributed by atoms with Crippen molar-refractivity contribution in [1.29, 1.82) is 0 Å². The fourth-order valence-corrected chi connectivity index (χ4v) is 2.01. The minimum atomic E-state index is -0.343. The molecule has 10 nitrogen and oxygen atoms in total. The Morgan fingerprint density at radius 2 is 1.21 bits per heavy atom. The lowest BCUT2D eigenvalue weighted by molar-refractivity contribution is -0.128. The first-order chi connectivity index (χ1) is 13.6. The van der Waals surface area contributed by atoms with E-state index in [1.165, 1.54) is 6.92 Å². The zero-order valence-electron chi connectivity index (χ0n) is 17.1. The number of amides is 3. The molecule has 0 bridgehead atoms. The molecule has 0 aromatic heterocycles. The molecule has 0 fully saturated rings. The molecule has 0 saturated carbocycles. The van der Waals surface area contributed by atoms with Gasteiger partial charge in [0.2, 0.25) is 17.7 Å². The van der Waals surface area contributed by atoms with Gasteiger partial charge in [-0.25, -0.2) is 0 Å². The van der Waals surface area contributed by atoms with Crippen molar-refractivity contribution in [3.63, 3.8) is 0 Å². The van der Waals surface area contributed by atoms with Gasteiger partial charge >= 0.3 is 0 Å². The third-order valence-corrected chi connectivity index (χ3v) is 3.43. The maximum atomic E-state index is 11.6. The second-order valence-electron chi connectivity index (χ2n) is 6.08. The molecule has 10 heteroatoms. The van der Waals surface area contributed by atoms with Crippen molar-refractivity contribution in [2.24, 2.45) is 0 Å². The maximum Gasteiger partial charge on any atom is 0.238 e. The molecule has 0 rings (SSSR count). The second kappa shape index (κ2) is 20.0. The largest absolute Gasteiger partial charge is 0.379 e. The molecule has 3 amide bonds. The third kappa shape index (κ3) is 20.6. The normalized spacial score (nSPS) is 10.5. The summed E-state index contributed by atoms with van der Waals surface area (Å²) >= 11 is 0. The van der Waals surface area contributed by atoms with Crippen LogP contribution in [0.3, 0.4) is 0 Å². The zero-order chi connectivity index (χ0) is 20.9. The quantitative estimate of drug-likeness (QED) is 0.179. The van der Waals surface area contributed by atoms with Crippen LogP contribution in [-0.2, 0) is 28.6 Å². The van der Waals surface area contributed by atoms with Crippen LogP contribution in [-0.4, -0.2) is 77.5 Å². The molecule has 0 heterocycles. The zero-order valence-corrected chi connectivity index (χ0v) is 17.1. The predicted octanol–water partition coefficient (Wildman–Crippen LogP) is -0.510. The number of hydrogen-bond donors (Lipinski definition) is 4. The highest BCUT2D eigenvalue weighted by atomic mass is 16.5. The van der Waals surface area contributed by atoms with Gasteiger partial charge in [-0.2, -0.15) is 0 Å². The number of carbonyl (C=O) groups is 3. The van der Waals surface area contributed by atoms with E-state index >= 15 is 0 Å². The molecule has 0 atom stereocenters. The molecule has 0 aliphatic rings. The molecule has 0 unspecified atom stereocenters. The van der Waals surface area contributed by atoms with E-state index in [1.807, 2.05) is 7.05 Å². The van der Waals surface area contributed by atoms with Crippen LogP contribution in [0.5, 0.6) is 0 Å². The number of rotatable bonds is 18. The van der Waals surface area contributed by atoms with Gasteiger partial charge in [0.15, 0.2) is 0 Å². The molecule has 28 heavy (non-hydrogen) atoms. The summed E-state index contributed by atoms with van der Waals surface area (Å²) in [6, 6.07) is 0. The molecular weight excluding hydrogens is 368 g/mol. The molecule has 164 valence electrons. The third-order valence-electron chi connectivity index (χ3n) is 3.43. The minimum Gasteiger partial charge on any atom is -0.379 e. The van der Waals surface area contributed by atoms with E-state index < -0.39 is 0 Å². The van der Waals surface area contributed by atoms with Crippen LogP contribution in [0.2, 0.25) is 0 Å². The van der Waals surface area contributed by atoms with Gasteiger partial charge in [0, 0.05) is 39.5 Å². The van der Waals surface area contributed by atoms with E-state index in [0.717, 1.165) is 19.6 Å². The van der Waals surface area contributed by atoms with E-state index in [2.05, 4.69) is 21.5 Å². The van der Waals surface area contributed by atoms with Gasteiger partial charge in [0.1, 0.15) is 0 Å². The van der Waals surface area contributed by atoms with Crippen LogP contribution in [0.25, 0.3) is 0 Å². The van der Waals surface area contributed by atoms with E-state index in [0.29, 0.717) is 52.4 Å². The van der Waals surface area contributed by atoms with Crippen LogP contribution in [0.15, 0.2) is 0 Å². The number of hydrazine groups is 1. The van der Waals surface area contributed by atoms with Gasteiger partial charge in [-0.15, -0.1) is 0 Å². The lowest BCUT2D eigenvalue weighted by Crippen LogP contribution is -2.40. The molecule has 0 spiro atoms. The molecule has 0 saturated heterocycles. The SMILES string of the molecule is CNCCCOCCOCCOCCCNC(=O)CCCC(=O)NNC(C)=O. The lowest BCUT2D eigenvalue weighted by Gasteiger charge is -2.08. The number of nitrogens with one attached hydrogen (secondary N) is 4. The Morgan fingerprint density at radius 3 is 1.79 bits per heavy atom. The van der Waals surface area contributed by atoms with Crippen molar-refractivity contribution < 1.29 is 28.6 Å². The van der Waals surface area contributed by atoms with E-state index in [1.54, 1.807) is 0 Å². The van der Waals surface area contributed by atoms with Crippen LogP contribution in [0.1, 0.15) is 39.0 Å². The monoisotopic (exact) mass is 404 g/mol. The van der Waals surface area contributed by atoms with Crippen molar-refractivity contribution >= 4 is 17.7 Å². The molecule has 0 aromatic rings. The average molecular weight is 405 g/mol. The first kappa shape index (κ1) is 26.2. The van der Waals surface area contributed by atoms with Crippen molar-refractivity contribution in [3.8, 4) is 0 Å². The standard InChI is InChI=1S/C18H36N4O6/c1-16(23)21-22-18(25)7-3-6-17(24)20-9-5-11-27-13-15-28-14-12-26-10-4-8-19-2/h19H,3-15H2,1-2H3,(H,20,24)(H,21,23)(H,22,25). The van der Waals surface area contributed by atoms with Gasteiger partial charge in [0.25, 0.3) is 0 Å². The average Bonchev–Trinajstić information content (AvgIpc) is 2.66. The Balaban J connectivity index is 3.26. The molecule has 0 aromatic carbocycles. The van der Waals surface area contributed by atoms with Crippen LogP contribution in [0, 0.1) is 0 Å². The fraction of sp³-hybridized carbons (Fsp3) is 0.833. The molecule has 0 aliphatic carbocycles.